The maximum absolute atomic E-state index is 13.8. The zero-order chi connectivity index (χ0) is 15.6. The first-order valence-corrected chi connectivity index (χ1v) is 6.56. The average Bonchev–Trinajstić information content (AvgIpc) is 2.45. The van der Waals surface area contributed by atoms with Crippen molar-refractivity contribution in [2.24, 2.45) is 5.92 Å². The fourth-order valence-corrected chi connectivity index (χ4v) is 2.77. The summed E-state index contributed by atoms with van der Waals surface area (Å²) in [6.07, 6.45) is -4.74. The molecule has 1 amide bonds. The van der Waals surface area contributed by atoms with E-state index in [1.807, 2.05) is 0 Å². The molecule has 21 heavy (non-hydrogen) atoms. The summed E-state index contributed by atoms with van der Waals surface area (Å²) in [4.78, 5) is 11.9. The molecule has 0 aliphatic carbocycles. The number of alkyl halides is 3. The Morgan fingerprint density at radius 1 is 1.33 bits per heavy atom. The van der Waals surface area contributed by atoms with E-state index < -0.39 is 36.3 Å². The lowest BCUT2D eigenvalue weighted by atomic mass is 9.80. The van der Waals surface area contributed by atoms with E-state index in [4.69, 9.17) is 0 Å². The molecule has 1 aliphatic rings. The molecule has 0 radical (unpaired) electrons. The molecule has 0 spiro atoms. The number of amides is 1. The minimum atomic E-state index is -4.93. The summed E-state index contributed by atoms with van der Waals surface area (Å²) in [6, 6.07) is 6.00. The highest BCUT2D eigenvalue weighted by Gasteiger charge is 2.45. The molecule has 0 aromatic heterocycles. The van der Waals surface area contributed by atoms with Gasteiger partial charge >= 0.3 is 12.1 Å². The SMILES string of the molecule is O=C(N1CC[C@H](c2ccccc2F)[C@@H](CO)C1)C(F)(F)F. The van der Waals surface area contributed by atoms with Crippen LogP contribution in [0.3, 0.4) is 0 Å². The quantitative estimate of drug-likeness (QED) is 0.852. The van der Waals surface area contributed by atoms with Gasteiger partial charge in [0.25, 0.3) is 0 Å². The molecule has 1 aliphatic heterocycles. The van der Waals surface area contributed by atoms with E-state index in [0.29, 0.717) is 10.5 Å². The van der Waals surface area contributed by atoms with Crippen LogP contribution in [0.1, 0.15) is 17.9 Å². The second-order valence-electron chi connectivity index (χ2n) is 5.11. The molecule has 2 rings (SSSR count). The minimum absolute atomic E-state index is 0.103. The Kier molecular flexibility index (Phi) is 4.51. The third-order valence-corrected chi connectivity index (χ3v) is 3.80. The number of carbonyl (C=O) groups excluding carboxylic acids is 1. The van der Waals surface area contributed by atoms with Gasteiger partial charge in [-0.1, -0.05) is 18.2 Å². The molecule has 0 saturated carbocycles. The molecule has 0 unspecified atom stereocenters. The van der Waals surface area contributed by atoms with Gasteiger partial charge in [-0.05, 0) is 24.0 Å². The predicted octanol–water partition coefficient (Wildman–Crippen LogP) is 2.31. The lowest BCUT2D eigenvalue weighted by Gasteiger charge is -2.38. The summed E-state index contributed by atoms with van der Waals surface area (Å²) in [6.45, 7) is -0.734. The van der Waals surface area contributed by atoms with Crippen LogP contribution in [0.25, 0.3) is 0 Å². The molecule has 1 saturated heterocycles. The first kappa shape index (κ1) is 15.8. The Morgan fingerprint density at radius 3 is 2.57 bits per heavy atom. The molecule has 3 nitrogen and oxygen atoms in total. The van der Waals surface area contributed by atoms with Crippen molar-refractivity contribution in [2.45, 2.75) is 18.5 Å². The van der Waals surface area contributed by atoms with E-state index in [1.165, 1.54) is 12.1 Å². The zero-order valence-electron chi connectivity index (χ0n) is 11.1. The van der Waals surface area contributed by atoms with Crippen molar-refractivity contribution in [2.75, 3.05) is 19.7 Å². The summed E-state index contributed by atoms with van der Waals surface area (Å²) in [5.74, 6) is -3.36. The number of carbonyl (C=O) groups is 1. The Bertz CT molecular complexity index is 518. The first-order chi connectivity index (χ1) is 9.84. The largest absolute Gasteiger partial charge is 0.471 e. The molecular formula is C14H15F4NO2. The van der Waals surface area contributed by atoms with E-state index in [1.54, 1.807) is 12.1 Å². The Labute approximate surface area is 119 Å². The van der Waals surface area contributed by atoms with Gasteiger partial charge in [-0.3, -0.25) is 4.79 Å². The van der Waals surface area contributed by atoms with Crippen molar-refractivity contribution in [1.82, 2.24) is 4.90 Å². The van der Waals surface area contributed by atoms with E-state index in [2.05, 4.69) is 0 Å². The van der Waals surface area contributed by atoms with E-state index >= 15 is 0 Å². The molecule has 1 aromatic rings. The fraction of sp³-hybridized carbons (Fsp3) is 0.500. The van der Waals surface area contributed by atoms with Crippen LogP contribution >= 0.6 is 0 Å². The Balaban J connectivity index is 2.16. The van der Waals surface area contributed by atoms with E-state index in [9.17, 15) is 27.5 Å². The second-order valence-corrected chi connectivity index (χ2v) is 5.11. The summed E-state index contributed by atoms with van der Waals surface area (Å²) in [5, 5.41) is 9.37. The van der Waals surface area contributed by atoms with Crippen LogP contribution in [0.15, 0.2) is 24.3 Å². The van der Waals surface area contributed by atoms with Crippen LogP contribution in [0.2, 0.25) is 0 Å². The third-order valence-electron chi connectivity index (χ3n) is 3.80. The summed E-state index contributed by atoms with van der Waals surface area (Å²) < 4.78 is 51.1. The monoisotopic (exact) mass is 305 g/mol. The molecule has 0 bridgehead atoms. The average molecular weight is 305 g/mol. The number of nitrogens with zero attached hydrogens (tertiary/aromatic N) is 1. The topological polar surface area (TPSA) is 40.5 Å². The molecule has 1 fully saturated rings. The lowest BCUT2D eigenvalue weighted by molar-refractivity contribution is -0.187. The van der Waals surface area contributed by atoms with Crippen molar-refractivity contribution < 1.29 is 27.5 Å². The van der Waals surface area contributed by atoms with Crippen molar-refractivity contribution in [3.8, 4) is 0 Å². The smallest absolute Gasteiger partial charge is 0.396 e. The number of likely N-dealkylation sites (tertiary alicyclic amines) is 1. The summed E-state index contributed by atoms with van der Waals surface area (Å²) in [5.41, 5.74) is 0.371. The van der Waals surface area contributed by atoms with E-state index in [-0.39, 0.29) is 19.5 Å². The van der Waals surface area contributed by atoms with Crippen molar-refractivity contribution >= 4 is 5.91 Å². The van der Waals surface area contributed by atoms with Crippen molar-refractivity contribution in [3.63, 3.8) is 0 Å². The molecule has 7 heteroatoms. The van der Waals surface area contributed by atoms with Crippen molar-refractivity contribution in [1.29, 1.82) is 0 Å². The Morgan fingerprint density at radius 2 is 2.00 bits per heavy atom. The number of piperidine rings is 1. The number of hydrogen-bond donors (Lipinski definition) is 1. The van der Waals surface area contributed by atoms with Crippen LogP contribution in [-0.2, 0) is 4.79 Å². The Hall–Kier alpha value is -1.63. The number of hydrogen-bond acceptors (Lipinski definition) is 2. The van der Waals surface area contributed by atoms with Gasteiger partial charge in [0.2, 0.25) is 0 Å². The van der Waals surface area contributed by atoms with Gasteiger partial charge in [-0.15, -0.1) is 0 Å². The predicted molar refractivity (Wildman–Crippen MR) is 67.0 cm³/mol. The van der Waals surface area contributed by atoms with E-state index in [0.717, 1.165) is 0 Å². The molecular weight excluding hydrogens is 290 g/mol. The normalized spacial score (nSPS) is 23.2. The number of aliphatic hydroxyl groups excluding tert-OH is 1. The number of benzene rings is 1. The third kappa shape index (κ3) is 3.34. The fourth-order valence-electron chi connectivity index (χ4n) is 2.77. The number of rotatable bonds is 2. The number of aliphatic hydroxyl groups is 1. The molecule has 1 N–H and O–H groups in total. The molecule has 116 valence electrons. The number of halogens is 4. The summed E-state index contributed by atoms with van der Waals surface area (Å²) >= 11 is 0. The highest BCUT2D eigenvalue weighted by atomic mass is 19.4. The van der Waals surface area contributed by atoms with Gasteiger partial charge in [0.1, 0.15) is 5.82 Å². The lowest BCUT2D eigenvalue weighted by Crippen LogP contribution is -2.49. The molecule has 1 heterocycles. The van der Waals surface area contributed by atoms with Crippen LogP contribution in [0, 0.1) is 11.7 Å². The van der Waals surface area contributed by atoms with Crippen LogP contribution in [0.4, 0.5) is 17.6 Å². The maximum Gasteiger partial charge on any atom is 0.471 e. The second kappa shape index (κ2) is 6.01. The molecule has 2 atom stereocenters. The minimum Gasteiger partial charge on any atom is -0.396 e. The van der Waals surface area contributed by atoms with Gasteiger partial charge in [0.15, 0.2) is 0 Å². The maximum atomic E-state index is 13.8. The summed E-state index contributed by atoms with van der Waals surface area (Å²) in [7, 11) is 0. The van der Waals surface area contributed by atoms with Gasteiger partial charge in [-0.25, -0.2) is 4.39 Å². The highest BCUT2D eigenvalue weighted by Crippen LogP contribution is 2.35. The van der Waals surface area contributed by atoms with Gasteiger partial charge in [-0.2, -0.15) is 13.2 Å². The van der Waals surface area contributed by atoms with Gasteiger partial charge in [0, 0.05) is 25.6 Å². The van der Waals surface area contributed by atoms with Crippen LogP contribution in [0.5, 0.6) is 0 Å². The molecule has 1 aromatic carbocycles. The van der Waals surface area contributed by atoms with Crippen LogP contribution in [-0.4, -0.2) is 41.8 Å². The first-order valence-electron chi connectivity index (χ1n) is 6.56. The highest BCUT2D eigenvalue weighted by molar-refractivity contribution is 5.82. The van der Waals surface area contributed by atoms with Crippen LogP contribution < -0.4 is 0 Å². The standard InChI is InChI=1S/C14H15F4NO2/c15-12-4-2-1-3-11(12)10-5-6-19(7-9(10)8-20)13(21)14(16,17)18/h1-4,9-10,20H,5-8H2/t9-,10+/m1/s1. The zero-order valence-corrected chi connectivity index (χ0v) is 11.1. The van der Waals surface area contributed by atoms with Gasteiger partial charge < -0.3 is 10.0 Å². The van der Waals surface area contributed by atoms with Crippen molar-refractivity contribution in [3.05, 3.63) is 35.6 Å². The van der Waals surface area contributed by atoms with Gasteiger partial charge in [0.05, 0.1) is 0 Å².